The maximum Gasteiger partial charge on any atom is 0.587 e. The van der Waals surface area contributed by atoms with Crippen molar-refractivity contribution in [2.75, 3.05) is 20.1 Å². The van der Waals surface area contributed by atoms with Gasteiger partial charge < -0.3 is 13.7 Å². The Morgan fingerprint density at radius 1 is 0.972 bits per heavy atom. The first-order valence-electron chi connectivity index (χ1n) is 11.1. The number of nitrogens with zero attached hydrogens (tertiary/aromatic N) is 5. The number of likely N-dealkylation sites (N-methyl/N-ethyl adjacent to an activating group) is 1. The molecule has 0 unspecified atom stereocenters. The predicted octanol–water partition coefficient (Wildman–Crippen LogP) is 3.91. The molecule has 4 fully saturated rings. The van der Waals surface area contributed by atoms with Crippen LogP contribution in [-0.4, -0.2) is 69.3 Å². The third-order valence-corrected chi connectivity index (χ3v) is 7.32. The molecule has 0 radical (unpaired) electrons. The molecule has 0 amide bonds. The molecule has 2 aromatic heterocycles. The van der Waals surface area contributed by atoms with Gasteiger partial charge in [-0.3, -0.25) is 9.59 Å². The number of quaternary nitrogens is 1. The average molecular weight is 574 g/mol. The highest BCUT2D eigenvalue weighted by atomic mass is 79.9. The van der Waals surface area contributed by atoms with Crippen molar-refractivity contribution in [2.24, 2.45) is 11.8 Å². The van der Waals surface area contributed by atoms with E-state index < -0.39 is 24.7 Å². The Morgan fingerprint density at radius 3 is 1.81 bits per heavy atom. The minimum atomic E-state index is -4.07. The van der Waals surface area contributed by atoms with E-state index in [0.29, 0.717) is 15.9 Å². The molecular weight excluding hydrogens is 546 g/mol. The summed E-state index contributed by atoms with van der Waals surface area (Å²) in [5, 5.41) is 0. The van der Waals surface area contributed by atoms with Gasteiger partial charge in [0, 0.05) is 31.8 Å². The van der Waals surface area contributed by atoms with E-state index in [0.717, 1.165) is 10.9 Å². The first-order chi connectivity index (χ1) is 16.4. The zero-order valence-electron chi connectivity index (χ0n) is 19.1. The molecule has 2 aliphatic carbocycles. The van der Waals surface area contributed by atoms with Crippen molar-refractivity contribution < 1.29 is 36.5 Å². The highest BCUT2D eigenvalue weighted by Gasteiger charge is 2.73. The molecule has 2 aromatic rings. The van der Waals surface area contributed by atoms with Crippen LogP contribution in [0, 0.1) is 11.8 Å². The number of fused-ring (bicyclic) bond motifs is 1. The summed E-state index contributed by atoms with van der Waals surface area (Å²) in [6.45, 7) is 0.913. The summed E-state index contributed by atoms with van der Waals surface area (Å²) in [5.74, 6) is -1.32. The third-order valence-electron chi connectivity index (χ3n) is 6.91. The minimum Gasteiger partial charge on any atom is -0.600 e. The highest BCUT2D eigenvalue weighted by molar-refractivity contribution is 9.10. The van der Waals surface area contributed by atoms with Gasteiger partial charge in [0.15, 0.2) is 0 Å². The fourth-order valence-corrected chi connectivity index (χ4v) is 5.15. The fraction of sp³-hybridized carbons (Fsp3) is 0.545. The Kier molecular flexibility index (Phi) is 8.09. The van der Waals surface area contributed by atoms with Gasteiger partial charge in [-0.25, -0.2) is 19.9 Å². The van der Waals surface area contributed by atoms with Crippen molar-refractivity contribution in [3.63, 3.8) is 0 Å². The molecule has 4 atom stereocenters. The monoisotopic (exact) mass is 573 g/mol. The van der Waals surface area contributed by atoms with E-state index in [2.05, 4.69) is 42.8 Å². The number of alkyl halides is 3. The van der Waals surface area contributed by atoms with E-state index in [4.69, 9.17) is 9.31 Å². The summed E-state index contributed by atoms with van der Waals surface area (Å²) in [7, 11) is 1.89. The molecule has 0 bridgehead atoms. The first kappa shape index (κ1) is 28.0. The van der Waals surface area contributed by atoms with Crippen LogP contribution in [0.5, 0.6) is 0 Å². The van der Waals surface area contributed by atoms with Crippen LogP contribution in [0.15, 0.2) is 41.9 Å². The van der Waals surface area contributed by atoms with E-state index >= 15 is 0 Å². The van der Waals surface area contributed by atoms with Gasteiger partial charge in [0.25, 0.3) is 0 Å². The standard InChI is InChI=1S/C9H14BNO4.C8H7F3N2.C4H3BrN2.CH4/c1-6-3-7(6)10-11(2,4-8(12)14-10)5-9(13)15-10;9-8(10,11)7-1-6(7)5-2-12-4-13-3-5;5-4-1-6-3-7-2-4;/h6-7H,3-5H2,1-2H3;2-4,6-7H,1H2;1-3H;1H4/t6-,7-,10?,11?;6-,7+;;/m11../s1. The lowest BCUT2D eigenvalue weighted by molar-refractivity contribution is -0.794. The number of halogens is 4. The van der Waals surface area contributed by atoms with Gasteiger partial charge in [0.05, 0.1) is 10.4 Å². The highest BCUT2D eigenvalue weighted by Crippen LogP contribution is 2.58. The van der Waals surface area contributed by atoms with Crippen molar-refractivity contribution in [1.29, 1.82) is 0 Å². The van der Waals surface area contributed by atoms with Crippen LogP contribution in [0.3, 0.4) is 0 Å². The number of carbonyl (C=O) groups excluding carboxylic acids is 2. The molecule has 2 aliphatic heterocycles. The van der Waals surface area contributed by atoms with Crippen molar-refractivity contribution in [3.05, 3.63) is 47.5 Å². The SMILES string of the molecule is Brc1cncnc1.C.C[C@@H]1C[C@H]1[B-]12OC(=O)C[N+]1(C)CC(=O)O2.FC(F)(F)[C@H]1C[C@@H]1c1cncnc1. The maximum atomic E-state index is 12.1. The molecule has 0 aromatic carbocycles. The molecular formula is C22H28BBrF3N5O4. The number of aromatic nitrogens is 4. The smallest absolute Gasteiger partial charge is 0.587 e. The lowest BCUT2D eigenvalue weighted by Gasteiger charge is -2.40. The topological polar surface area (TPSA) is 104 Å². The van der Waals surface area contributed by atoms with Crippen LogP contribution in [0.25, 0.3) is 0 Å². The van der Waals surface area contributed by atoms with E-state index in [1.165, 1.54) is 25.0 Å². The number of hydrogen-bond donors (Lipinski definition) is 0. The zero-order valence-corrected chi connectivity index (χ0v) is 20.6. The number of hydrogen-bond acceptors (Lipinski definition) is 8. The molecule has 2 saturated heterocycles. The second kappa shape index (κ2) is 10.4. The third kappa shape index (κ3) is 5.85. The van der Waals surface area contributed by atoms with Gasteiger partial charge in [0.1, 0.15) is 25.7 Å². The second-order valence-electron chi connectivity index (χ2n) is 9.60. The van der Waals surface area contributed by atoms with Crippen molar-refractivity contribution in [1.82, 2.24) is 19.9 Å². The second-order valence-corrected chi connectivity index (χ2v) is 10.5. The summed E-state index contributed by atoms with van der Waals surface area (Å²) in [6.07, 6.45) is 6.18. The quantitative estimate of drug-likeness (QED) is 0.498. The van der Waals surface area contributed by atoms with Gasteiger partial charge >= 0.3 is 24.8 Å². The summed E-state index contributed by atoms with van der Waals surface area (Å²) in [5.41, 5.74) is 0.588. The maximum absolute atomic E-state index is 12.1. The largest absolute Gasteiger partial charge is 0.600 e. The zero-order chi connectivity index (χ0) is 25.4. The summed E-state index contributed by atoms with van der Waals surface area (Å²) in [4.78, 5) is 37.6. The van der Waals surface area contributed by atoms with Crippen LogP contribution < -0.4 is 0 Å². The molecule has 36 heavy (non-hydrogen) atoms. The molecule has 9 nitrogen and oxygen atoms in total. The number of carbonyl (C=O) groups is 2. The Hall–Kier alpha value is -2.61. The van der Waals surface area contributed by atoms with Gasteiger partial charge in [-0.1, -0.05) is 26.7 Å². The van der Waals surface area contributed by atoms with Gasteiger partial charge in [-0.15, -0.1) is 0 Å². The molecule has 4 aliphatic rings. The summed E-state index contributed by atoms with van der Waals surface area (Å²) in [6, 6.07) is 0. The first-order valence-corrected chi connectivity index (χ1v) is 11.9. The molecule has 14 heteroatoms. The van der Waals surface area contributed by atoms with Gasteiger partial charge in [-0.05, 0) is 39.6 Å². The Bertz CT molecular complexity index is 1060. The van der Waals surface area contributed by atoms with Crippen LogP contribution in [0.2, 0.25) is 5.82 Å². The van der Waals surface area contributed by atoms with Crippen molar-refractivity contribution in [3.8, 4) is 0 Å². The van der Waals surface area contributed by atoms with Gasteiger partial charge in [-0.2, -0.15) is 13.2 Å². The normalized spacial score (nSPS) is 33.4. The molecule has 0 N–H and O–H groups in total. The number of rotatable bonds is 2. The van der Waals surface area contributed by atoms with Crippen molar-refractivity contribution >= 4 is 34.6 Å². The Morgan fingerprint density at radius 2 is 1.44 bits per heavy atom. The molecule has 6 rings (SSSR count). The average Bonchev–Trinajstić information content (AvgIpc) is 3.68. The van der Waals surface area contributed by atoms with Crippen LogP contribution >= 0.6 is 15.9 Å². The van der Waals surface area contributed by atoms with Crippen LogP contribution in [0.1, 0.15) is 38.7 Å². The Labute approximate surface area is 215 Å². The summed E-state index contributed by atoms with van der Waals surface area (Å²) < 4.78 is 48.4. The fourth-order valence-electron chi connectivity index (χ4n) is 4.91. The minimum absolute atomic E-state index is 0. The molecule has 196 valence electrons. The van der Waals surface area contributed by atoms with E-state index in [1.807, 2.05) is 7.05 Å². The van der Waals surface area contributed by atoms with Crippen LogP contribution in [-0.2, 0) is 18.9 Å². The Balaban J connectivity index is 0.000000158. The van der Waals surface area contributed by atoms with E-state index in [9.17, 15) is 22.8 Å². The summed E-state index contributed by atoms with van der Waals surface area (Å²) >= 11 is 3.19. The molecule has 4 heterocycles. The predicted molar refractivity (Wildman–Crippen MR) is 127 cm³/mol. The van der Waals surface area contributed by atoms with Crippen molar-refractivity contribution in [2.45, 2.75) is 45.1 Å². The van der Waals surface area contributed by atoms with Gasteiger partial charge in [0.2, 0.25) is 0 Å². The lowest BCUT2D eigenvalue weighted by Crippen LogP contribution is -2.60. The van der Waals surface area contributed by atoms with E-state index in [-0.39, 0.29) is 44.7 Å². The molecule has 0 spiro atoms. The lowest BCUT2D eigenvalue weighted by atomic mass is 9.61. The van der Waals surface area contributed by atoms with Crippen LogP contribution in [0.4, 0.5) is 13.2 Å². The van der Waals surface area contributed by atoms with E-state index in [1.54, 1.807) is 12.4 Å². The molecule has 2 saturated carbocycles.